The Morgan fingerprint density at radius 1 is 1.21 bits per heavy atom. The zero-order valence-electron chi connectivity index (χ0n) is 11.3. The van der Waals surface area contributed by atoms with Crippen LogP contribution < -0.4 is 0 Å². The summed E-state index contributed by atoms with van der Waals surface area (Å²) in [5.74, 6) is -1.00. The third-order valence-corrected chi connectivity index (χ3v) is 3.76. The SMILES string of the molecule is COC(=O)C(=C(F)F)C(C)(C)c1ccc(SC)cc1. The van der Waals surface area contributed by atoms with Gasteiger partial charge >= 0.3 is 5.97 Å². The van der Waals surface area contributed by atoms with Gasteiger partial charge in [0.05, 0.1) is 7.11 Å². The molecule has 5 heteroatoms. The van der Waals surface area contributed by atoms with Gasteiger partial charge in [-0.3, -0.25) is 0 Å². The zero-order chi connectivity index (χ0) is 14.6. The molecule has 1 rings (SSSR count). The molecule has 0 aromatic heterocycles. The molecule has 0 aliphatic heterocycles. The van der Waals surface area contributed by atoms with Crippen LogP contribution in [0.2, 0.25) is 0 Å². The second-order valence-electron chi connectivity index (χ2n) is 4.48. The summed E-state index contributed by atoms with van der Waals surface area (Å²) in [5.41, 5.74) is -1.08. The molecule has 0 N–H and O–H groups in total. The van der Waals surface area contributed by atoms with Crippen molar-refractivity contribution in [3.63, 3.8) is 0 Å². The highest BCUT2D eigenvalue weighted by molar-refractivity contribution is 7.98. The smallest absolute Gasteiger partial charge is 0.340 e. The maximum absolute atomic E-state index is 13.0. The highest BCUT2D eigenvalue weighted by atomic mass is 32.2. The fourth-order valence-corrected chi connectivity index (χ4v) is 2.23. The van der Waals surface area contributed by atoms with Crippen LogP contribution in [-0.2, 0) is 14.9 Å². The molecule has 0 atom stereocenters. The maximum Gasteiger partial charge on any atom is 0.340 e. The first kappa shape index (κ1) is 15.7. The lowest BCUT2D eigenvalue weighted by Gasteiger charge is -2.26. The van der Waals surface area contributed by atoms with Crippen LogP contribution in [0.3, 0.4) is 0 Å². The number of ether oxygens (including phenoxy) is 1. The molecule has 0 bridgehead atoms. The van der Waals surface area contributed by atoms with E-state index >= 15 is 0 Å². The van der Waals surface area contributed by atoms with Crippen molar-refractivity contribution >= 4 is 17.7 Å². The zero-order valence-corrected chi connectivity index (χ0v) is 12.1. The first-order valence-corrected chi connectivity index (χ1v) is 6.85. The van der Waals surface area contributed by atoms with Crippen molar-refractivity contribution < 1.29 is 18.3 Å². The van der Waals surface area contributed by atoms with E-state index in [-0.39, 0.29) is 0 Å². The van der Waals surface area contributed by atoms with E-state index in [9.17, 15) is 13.6 Å². The summed E-state index contributed by atoms with van der Waals surface area (Å²) in [4.78, 5) is 12.6. The number of thioether (sulfide) groups is 1. The topological polar surface area (TPSA) is 26.3 Å². The van der Waals surface area contributed by atoms with Crippen molar-refractivity contribution in [1.29, 1.82) is 0 Å². The van der Waals surface area contributed by atoms with E-state index in [2.05, 4.69) is 4.74 Å². The average molecular weight is 286 g/mol. The Morgan fingerprint density at radius 2 is 1.74 bits per heavy atom. The molecule has 0 amide bonds. The number of hydrogen-bond acceptors (Lipinski definition) is 3. The summed E-state index contributed by atoms with van der Waals surface area (Å²) in [6, 6.07) is 7.18. The number of esters is 1. The molecule has 2 nitrogen and oxygen atoms in total. The number of hydrogen-bond donors (Lipinski definition) is 0. The van der Waals surface area contributed by atoms with Gasteiger partial charge in [-0.1, -0.05) is 26.0 Å². The van der Waals surface area contributed by atoms with Crippen molar-refractivity contribution in [3.05, 3.63) is 41.5 Å². The largest absolute Gasteiger partial charge is 0.465 e. The summed E-state index contributed by atoms with van der Waals surface area (Å²) >= 11 is 1.56. The average Bonchev–Trinajstić information content (AvgIpc) is 2.37. The number of carbonyl (C=O) groups is 1. The number of benzene rings is 1. The minimum Gasteiger partial charge on any atom is -0.465 e. The monoisotopic (exact) mass is 286 g/mol. The van der Waals surface area contributed by atoms with Crippen LogP contribution in [0.4, 0.5) is 8.78 Å². The van der Waals surface area contributed by atoms with Crippen LogP contribution >= 0.6 is 11.8 Å². The molecule has 0 aliphatic carbocycles. The van der Waals surface area contributed by atoms with E-state index in [4.69, 9.17) is 0 Å². The molecule has 0 heterocycles. The standard InChI is InChI=1S/C14H16F2O2S/c1-14(2,11(12(15)16)13(17)18-3)9-5-7-10(19-4)8-6-9/h5-8H,1-4H3. The normalized spacial score (nSPS) is 11.1. The summed E-state index contributed by atoms with van der Waals surface area (Å²) < 4.78 is 30.5. The summed E-state index contributed by atoms with van der Waals surface area (Å²) in [6.45, 7) is 3.15. The van der Waals surface area contributed by atoms with Crippen molar-refractivity contribution in [3.8, 4) is 0 Å². The Kier molecular flexibility index (Phi) is 5.11. The minimum absolute atomic E-state index is 0.605. The molecule has 0 radical (unpaired) electrons. The molecule has 0 aliphatic rings. The predicted molar refractivity (Wildman–Crippen MR) is 72.5 cm³/mol. The van der Waals surface area contributed by atoms with Crippen LogP contribution in [0.1, 0.15) is 19.4 Å². The number of methoxy groups -OCH3 is 1. The lowest BCUT2D eigenvalue weighted by Crippen LogP contribution is -2.27. The quantitative estimate of drug-likeness (QED) is 0.475. The van der Waals surface area contributed by atoms with E-state index in [1.54, 1.807) is 37.7 Å². The van der Waals surface area contributed by atoms with Crippen LogP contribution in [0, 0.1) is 0 Å². The predicted octanol–water partition coefficient (Wildman–Crippen LogP) is 4.01. The van der Waals surface area contributed by atoms with Gasteiger partial charge < -0.3 is 4.74 Å². The Bertz CT molecular complexity index is 489. The summed E-state index contributed by atoms with van der Waals surface area (Å²) in [7, 11) is 1.10. The first-order chi connectivity index (χ1) is 8.84. The molecule has 0 fully saturated rings. The van der Waals surface area contributed by atoms with Gasteiger partial charge in [-0.05, 0) is 24.0 Å². The van der Waals surface area contributed by atoms with E-state index in [0.29, 0.717) is 5.56 Å². The molecule has 0 spiro atoms. The Balaban J connectivity index is 3.27. The minimum atomic E-state index is -2.01. The second kappa shape index (κ2) is 6.19. The van der Waals surface area contributed by atoms with Gasteiger partial charge in [-0.15, -0.1) is 11.8 Å². The molecule has 1 aromatic carbocycles. The van der Waals surface area contributed by atoms with E-state index in [1.165, 1.54) is 0 Å². The lowest BCUT2D eigenvalue weighted by atomic mass is 9.78. The van der Waals surface area contributed by atoms with E-state index in [0.717, 1.165) is 12.0 Å². The molecule has 0 saturated heterocycles. The van der Waals surface area contributed by atoms with Crippen LogP contribution in [0.15, 0.2) is 40.8 Å². The highest BCUT2D eigenvalue weighted by Crippen LogP contribution is 2.35. The highest BCUT2D eigenvalue weighted by Gasteiger charge is 2.35. The summed E-state index contributed by atoms with van der Waals surface area (Å²) in [6.07, 6.45) is -0.0768. The molecule has 0 saturated carbocycles. The van der Waals surface area contributed by atoms with E-state index < -0.39 is 23.0 Å². The van der Waals surface area contributed by atoms with Crippen molar-refractivity contribution in [2.75, 3.05) is 13.4 Å². The third-order valence-electron chi connectivity index (χ3n) is 3.02. The molecule has 19 heavy (non-hydrogen) atoms. The van der Waals surface area contributed by atoms with Crippen molar-refractivity contribution in [2.45, 2.75) is 24.2 Å². The Morgan fingerprint density at radius 3 is 2.11 bits per heavy atom. The third kappa shape index (κ3) is 3.35. The second-order valence-corrected chi connectivity index (χ2v) is 5.36. The van der Waals surface area contributed by atoms with Crippen molar-refractivity contribution in [1.82, 2.24) is 0 Å². The Labute approximate surface area is 115 Å². The van der Waals surface area contributed by atoms with E-state index in [1.807, 2.05) is 18.4 Å². The summed E-state index contributed by atoms with van der Waals surface area (Å²) in [5, 5.41) is 0. The lowest BCUT2D eigenvalue weighted by molar-refractivity contribution is -0.137. The Hall–Kier alpha value is -1.36. The first-order valence-electron chi connectivity index (χ1n) is 5.63. The van der Waals surface area contributed by atoms with Gasteiger partial charge in [0.1, 0.15) is 5.57 Å². The fourth-order valence-electron chi connectivity index (χ4n) is 1.82. The number of halogens is 2. The van der Waals surface area contributed by atoms with Gasteiger partial charge in [0.15, 0.2) is 0 Å². The van der Waals surface area contributed by atoms with Gasteiger partial charge in [-0.25, -0.2) is 4.79 Å². The van der Waals surface area contributed by atoms with Gasteiger partial charge in [0, 0.05) is 10.3 Å². The molecule has 0 unspecified atom stereocenters. The van der Waals surface area contributed by atoms with Gasteiger partial charge in [0.25, 0.3) is 6.08 Å². The molecular weight excluding hydrogens is 270 g/mol. The molecule has 104 valence electrons. The van der Waals surface area contributed by atoms with Gasteiger partial charge in [0.2, 0.25) is 0 Å². The molecule has 1 aromatic rings. The van der Waals surface area contributed by atoms with Gasteiger partial charge in [-0.2, -0.15) is 8.78 Å². The van der Waals surface area contributed by atoms with Crippen molar-refractivity contribution in [2.24, 2.45) is 0 Å². The van der Waals surface area contributed by atoms with Crippen LogP contribution in [-0.4, -0.2) is 19.3 Å². The molecular formula is C14H16F2O2S. The maximum atomic E-state index is 13.0. The van der Waals surface area contributed by atoms with Crippen LogP contribution in [0.5, 0.6) is 0 Å². The number of carbonyl (C=O) groups excluding carboxylic acids is 1. The number of rotatable bonds is 4. The van der Waals surface area contributed by atoms with Crippen LogP contribution in [0.25, 0.3) is 0 Å². The fraction of sp³-hybridized carbons (Fsp3) is 0.357.